The Balaban J connectivity index is 0.00000280. The minimum absolute atomic E-state index is 0. The molecule has 154 valence electrons. The van der Waals surface area contributed by atoms with Crippen molar-refractivity contribution in [3.8, 4) is 0 Å². The summed E-state index contributed by atoms with van der Waals surface area (Å²) in [7, 11) is 1.82. The zero-order valence-corrected chi connectivity index (χ0v) is 20.6. The van der Waals surface area contributed by atoms with Gasteiger partial charge in [0.05, 0.1) is 12.2 Å². The highest BCUT2D eigenvalue weighted by atomic mass is 127. The molecule has 0 unspecified atom stereocenters. The molecule has 28 heavy (non-hydrogen) atoms. The molecule has 0 spiro atoms. The highest BCUT2D eigenvalue weighted by Crippen LogP contribution is 2.25. The maximum atomic E-state index is 4.59. The zero-order chi connectivity index (χ0) is 19.4. The summed E-state index contributed by atoms with van der Waals surface area (Å²) in [6.07, 6.45) is 1.12. The second kappa shape index (κ2) is 10.0. The molecule has 0 saturated heterocycles. The van der Waals surface area contributed by atoms with E-state index in [4.69, 9.17) is 0 Å². The molecular weight excluding hydrogens is 481 g/mol. The van der Waals surface area contributed by atoms with Crippen molar-refractivity contribution >= 4 is 41.3 Å². The molecule has 0 fully saturated rings. The summed E-state index contributed by atoms with van der Waals surface area (Å²) in [5.41, 5.74) is 4.10. The summed E-state index contributed by atoms with van der Waals surface area (Å²) in [5, 5.41) is 7.98. The molecule has 0 aliphatic carbocycles. The third-order valence-electron chi connectivity index (χ3n) is 5.38. The minimum Gasteiger partial charge on any atom is -0.355 e. The van der Waals surface area contributed by atoms with Gasteiger partial charge < -0.3 is 10.6 Å². The average Bonchev–Trinajstić information content (AvgIpc) is 2.99. The van der Waals surface area contributed by atoms with E-state index >= 15 is 0 Å². The molecule has 1 aliphatic rings. The fraction of sp³-hybridized carbons (Fsp3) is 0.524. The summed E-state index contributed by atoms with van der Waals surface area (Å²) in [6, 6.07) is 8.79. The topological polar surface area (TPSA) is 52.6 Å². The zero-order valence-electron chi connectivity index (χ0n) is 17.5. The SMILES string of the molecule is CN=C(NCc1nc(C)c(C)s1)NCC(C)(C)N1CCc2ccccc2C1.I. The molecule has 5 nitrogen and oxygen atoms in total. The quantitative estimate of drug-likeness (QED) is 0.362. The lowest BCUT2D eigenvalue weighted by atomic mass is 9.94. The predicted molar refractivity (Wildman–Crippen MR) is 130 cm³/mol. The predicted octanol–water partition coefficient (Wildman–Crippen LogP) is 3.88. The van der Waals surface area contributed by atoms with Crippen LogP contribution < -0.4 is 10.6 Å². The number of hydrogen-bond donors (Lipinski definition) is 2. The van der Waals surface area contributed by atoms with Crippen molar-refractivity contribution in [1.82, 2.24) is 20.5 Å². The summed E-state index contributed by atoms with van der Waals surface area (Å²) >= 11 is 1.74. The maximum Gasteiger partial charge on any atom is 0.191 e. The van der Waals surface area contributed by atoms with E-state index in [9.17, 15) is 0 Å². The lowest BCUT2D eigenvalue weighted by molar-refractivity contribution is 0.107. The number of aryl methyl sites for hydroxylation is 2. The smallest absolute Gasteiger partial charge is 0.191 e. The lowest BCUT2D eigenvalue weighted by Crippen LogP contribution is -2.54. The first-order valence-electron chi connectivity index (χ1n) is 9.58. The van der Waals surface area contributed by atoms with Crippen molar-refractivity contribution in [2.24, 2.45) is 4.99 Å². The number of rotatable bonds is 5. The van der Waals surface area contributed by atoms with Crippen LogP contribution in [0.4, 0.5) is 0 Å². The first-order valence-corrected chi connectivity index (χ1v) is 10.4. The van der Waals surface area contributed by atoms with E-state index in [1.54, 1.807) is 11.3 Å². The van der Waals surface area contributed by atoms with Crippen LogP contribution in [0.3, 0.4) is 0 Å². The number of nitrogens with one attached hydrogen (secondary N) is 2. The van der Waals surface area contributed by atoms with Crippen LogP contribution >= 0.6 is 35.3 Å². The molecule has 7 heteroatoms. The number of nitrogens with zero attached hydrogens (tertiary/aromatic N) is 3. The van der Waals surface area contributed by atoms with Gasteiger partial charge in [0.15, 0.2) is 5.96 Å². The Morgan fingerprint density at radius 2 is 1.93 bits per heavy atom. The Morgan fingerprint density at radius 3 is 2.57 bits per heavy atom. The van der Waals surface area contributed by atoms with Crippen molar-refractivity contribution in [3.63, 3.8) is 0 Å². The molecule has 2 N–H and O–H groups in total. The number of hydrogen-bond acceptors (Lipinski definition) is 4. The second-order valence-corrected chi connectivity index (χ2v) is 9.07. The maximum absolute atomic E-state index is 4.59. The second-order valence-electron chi connectivity index (χ2n) is 7.78. The fourth-order valence-corrected chi connectivity index (χ4v) is 4.29. The molecule has 0 amide bonds. The third kappa shape index (κ3) is 5.67. The van der Waals surface area contributed by atoms with E-state index in [-0.39, 0.29) is 29.5 Å². The standard InChI is InChI=1S/C21H31N5S.HI/c1-15-16(2)27-19(25-15)12-23-20(22-5)24-14-21(3,4)26-11-10-17-8-6-7-9-18(17)13-26;/h6-9H,10-14H2,1-5H3,(H2,22,23,24);1H. The average molecular weight is 513 g/mol. The van der Waals surface area contributed by atoms with E-state index in [1.165, 1.54) is 16.0 Å². The van der Waals surface area contributed by atoms with Crippen LogP contribution in [-0.2, 0) is 19.5 Å². The van der Waals surface area contributed by atoms with Crippen LogP contribution in [0.5, 0.6) is 0 Å². The van der Waals surface area contributed by atoms with Crippen LogP contribution in [0.1, 0.15) is 40.6 Å². The van der Waals surface area contributed by atoms with Gasteiger partial charge in [-0.25, -0.2) is 4.98 Å². The normalized spacial score (nSPS) is 15.0. The molecule has 1 aromatic heterocycles. The molecule has 0 radical (unpaired) electrons. The van der Waals surface area contributed by atoms with Crippen LogP contribution in [0.2, 0.25) is 0 Å². The van der Waals surface area contributed by atoms with Gasteiger partial charge in [0.1, 0.15) is 5.01 Å². The first kappa shape index (κ1) is 23.1. The Kier molecular flexibility index (Phi) is 8.27. The van der Waals surface area contributed by atoms with Crippen molar-refractivity contribution in [3.05, 3.63) is 51.0 Å². The first-order chi connectivity index (χ1) is 12.9. The van der Waals surface area contributed by atoms with E-state index < -0.39 is 0 Å². The van der Waals surface area contributed by atoms with Gasteiger partial charge in [-0.05, 0) is 45.2 Å². The molecule has 2 heterocycles. The van der Waals surface area contributed by atoms with Gasteiger partial charge in [0.25, 0.3) is 0 Å². The highest BCUT2D eigenvalue weighted by Gasteiger charge is 2.29. The number of halogens is 1. The molecule has 2 aromatic rings. The number of thiazole rings is 1. The third-order valence-corrected chi connectivity index (χ3v) is 6.45. The molecule has 1 aliphatic heterocycles. The Hall–Kier alpha value is -1.19. The molecular formula is C21H32IN5S. The number of benzene rings is 1. The van der Waals surface area contributed by atoms with E-state index in [2.05, 4.69) is 77.5 Å². The number of aromatic nitrogens is 1. The summed E-state index contributed by atoms with van der Waals surface area (Å²) in [4.78, 5) is 12.8. The largest absolute Gasteiger partial charge is 0.355 e. The number of guanidine groups is 1. The van der Waals surface area contributed by atoms with E-state index in [0.717, 1.165) is 42.7 Å². The summed E-state index contributed by atoms with van der Waals surface area (Å²) < 4.78 is 0. The van der Waals surface area contributed by atoms with Gasteiger partial charge in [0, 0.05) is 37.1 Å². The van der Waals surface area contributed by atoms with E-state index in [0.29, 0.717) is 6.54 Å². The summed E-state index contributed by atoms with van der Waals surface area (Å²) in [5.74, 6) is 0.825. The summed E-state index contributed by atoms with van der Waals surface area (Å²) in [6.45, 7) is 12.4. The molecule has 0 bridgehead atoms. The van der Waals surface area contributed by atoms with Crippen LogP contribution in [0, 0.1) is 13.8 Å². The van der Waals surface area contributed by atoms with Gasteiger partial charge in [0.2, 0.25) is 0 Å². The molecule has 0 saturated carbocycles. The lowest BCUT2D eigenvalue weighted by Gasteiger charge is -2.42. The molecule has 1 aromatic carbocycles. The molecule has 0 atom stereocenters. The van der Waals surface area contributed by atoms with Crippen LogP contribution in [0.25, 0.3) is 0 Å². The number of aliphatic imine (C=N–C) groups is 1. The van der Waals surface area contributed by atoms with Crippen LogP contribution in [-0.4, -0.2) is 41.5 Å². The van der Waals surface area contributed by atoms with Gasteiger partial charge in [-0.1, -0.05) is 24.3 Å². The Labute approximate surface area is 190 Å². The van der Waals surface area contributed by atoms with Gasteiger partial charge in [-0.2, -0.15) is 0 Å². The van der Waals surface area contributed by atoms with Crippen molar-refractivity contribution in [2.45, 2.75) is 52.7 Å². The van der Waals surface area contributed by atoms with Gasteiger partial charge >= 0.3 is 0 Å². The Bertz CT molecular complexity index is 795. The van der Waals surface area contributed by atoms with Crippen molar-refractivity contribution < 1.29 is 0 Å². The highest BCUT2D eigenvalue weighted by molar-refractivity contribution is 14.0. The monoisotopic (exact) mass is 513 g/mol. The Morgan fingerprint density at radius 1 is 1.21 bits per heavy atom. The van der Waals surface area contributed by atoms with Crippen LogP contribution in [0.15, 0.2) is 29.3 Å². The molecule has 3 rings (SSSR count). The van der Waals surface area contributed by atoms with Gasteiger partial charge in [-0.15, -0.1) is 35.3 Å². The van der Waals surface area contributed by atoms with Gasteiger partial charge in [-0.3, -0.25) is 9.89 Å². The number of fused-ring (bicyclic) bond motifs is 1. The van der Waals surface area contributed by atoms with E-state index in [1.807, 2.05) is 7.05 Å². The van der Waals surface area contributed by atoms with Crippen molar-refractivity contribution in [1.29, 1.82) is 0 Å². The van der Waals surface area contributed by atoms with Crippen molar-refractivity contribution in [2.75, 3.05) is 20.1 Å². The fourth-order valence-electron chi connectivity index (χ4n) is 3.42. The minimum atomic E-state index is 0.